The Kier molecular flexibility index (Phi) is 5.80. The van der Waals surface area contributed by atoms with Crippen LogP contribution in [-0.4, -0.2) is 28.9 Å². The molecule has 0 aliphatic heterocycles. The van der Waals surface area contributed by atoms with Gasteiger partial charge in [0.05, 0.1) is 18.5 Å². The van der Waals surface area contributed by atoms with E-state index in [0.717, 1.165) is 21.3 Å². The number of hydrogen-bond acceptors (Lipinski definition) is 4. The van der Waals surface area contributed by atoms with Crippen molar-refractivity contribution in [3.8, 4) is 17.0 Å². The summed E-state index contributed by atoms with van der Waals surface area (Å²) in [4.78, 5) is 12.2. The third-order valence-corrected chi connectivity index (χ3v) is 3.98. The number of aromatic nitrogens is 2. The van der Waals surface area contributed by atoms with Crippen molar-refractivity contribution >= 4 is 28.1 Å². The van der Waals surface area contributed by atoms with Gasteiger partial charge in [-0.1, -0.05) is 40.2 Å². The fraction of sp³-hybridized carbons (Fsp3) is 0.105. The van der Waals surface area contributed by atoms with Crippen LogP contribution in [0.1, 0.15) is 23.0 Å². The van der Waals surface area contributed by atoms with Crippen LogP contribution in [0.25, 0.3) is 11.3 Å². The van der Waals surface area contributed by atoms with Gasteiger partial charge in [0, 0.05) is 10.0 Å². The van der Waals surface area contributed by atoms with Crippen molar-refractivity contribution in [2.75, 3.05) is 6.61 Å². The van der Waals surface area contributed by atoms with Crippen LogP contribution in [0.2, 0.25) is 0 Å². The summed E-state index contributed by atoms with van der Waals surface area (Å²) in [6, 6.07) is 16.8. The Hall–Kier alpha value is -2.93. The molecule has 0 aliphatic rings. The van der Waals surface area contributed by atoms with Gasteiger partial charge in [-0.2, -0.15) is 10.2 Å². The zero-order valence-electron chi connectivity index (χ0n) is 14.1. The molecule has 0 fully saturated rings. The van der Waals surface area contributed by atoms with E-state index in [1.54, 1.807) is 12.3 Å². The number of nitrogens with zero attached hydrogens (tertiary/aromatic N) is 2. The van der Waals surface area contributed by atoms with Gasteiger partial charge in [0.1, 0.15) is 11.4 Å². The normalized spacial score (nSPS) is 10.8. The molecule has 0 bridgehead atoms. The first kappa shape index (κ1) is 17.9. The molecule has 3 rings (SSSR count). The maximum atomic E-state index is 12.2. The van der Waals surface area contributed by atoms with Crippen molar-refractivity contribution in [1.82, 2.24) is 15.6 Å². The molecule has 7 heteroatoms. The molecule has 2 N–H and O–H groups in total. The fourth-order valence-electron chi connectivity index (χ4n) is 2.31. The van der Waals surface area contributed by atoms with E-state index in [1.807, 2.05) is 55.5 Å². The summed E-state index contributed by atoms with van der Waals surface area (Å²) in [6.45, 7) is 2.52. The van der Waals surface area contributed by atoms with Crippen molar-refractivity contribution < 1.29 is 9.53 Å². The van der Waals surface area contributed by atoms with E-state index >= 15 is 0 Å². The van der Waals surface area contributed by atoms with Crippen LogP contribution >= 0.6 is 15.9 Å². The second kappa shape index (κ2) is 8.44. The highest BCUT2D eigenvalue weighted by Crippen LogP contribution is 2.22. The first-order chi connectivity index (χ1) is 12.7. The summed E-state index contributed by atoms with van der Waals surface area (Å²) in [5, 5.41) is 10.9. The summed E-state index contributed by atoms with van der Waals surface area (Å²) in [5.74, 6) is 0.397. The predicted molar refractivity (Wildman–Crippen MR) is 104 cm³/mol. The standard InChI is InChI=1S/C19H17BrN4O2/c1-2-26-16-8-4-6-14(10-16)17-11-18(23-22-17)19(25)24-21-12-13-5-3-7-15(20)9-13/h3-12H,2H2,1H3,(H,22,23)(H,24,25)/b21-12+. The Morgan fingerprint density at radius 2 is 2.12 bits per heavy atom. The van der Waals surface area contributed by atoms with Gasteiger partial charge in [0.25, 0.3) is 5.91 Å². The molecule has 3 aromatic rings. The minimum atomic E-state index is -0.365. The quantitative estimate of drug-likeness (QED) is 0.474. The highest BCUT2D eigenvalue weighted by atomic mass is 79.9. The number of benzene rings is 2. The molecule has 26 heavy (non-hydrogen) atoms. The molecule has 2 aromatic carbocycles. The maximum Gasteiger partial charge on any atom is 0.289 e. The molecule has 1 heterocycles. The molecule has 0 aliphatic carbocycles. The zero-order valence-corrected chi connectivity index (χ0v) is 15.7. The van der Waals surface area contributed by atoms with Gasteiger partial charge in [-0.25, -0.2) is 5.43 Å². The molecule has 0 unspecified atom stereocenters. The number of carbonyl (C=O) groups excluding carboxylic acids is 1. The first-order valence-corrected chi connectivity index (χ1v) is 8.82. The van der Waals surface area contributed by atoms with Crippen LogP contribution in [-0.2, 0) is 0 Å². The number of halogens is 1. The lowest BCUT2D eigenvalue weighted by molar-refractivity contribution is 0.0950. The lowest BCUT2D eigenvalue weighted by atomic mass is 10.1. The minimum absolute atomic E-state index is 0.327. The Balaban J connectivity index is 1.67. The number of hydrazone groups is 1. The van der Waals surface area contributed by atoms with Gasteiger partial charge >= 0.3 is 0 Å². The predicted octanol–water partition coefficient (Wildman–Crippen LogP) is 4.00. The van der Waals surface area contributed by atoms with E-state index in [1.165, 1.54) is 0 Å². The number of ether oxygens (including phenoxy) is 1. The fourth-order valence-corrected chi connectivity index (χ4v) is 2.73. The third kappa shape index (κ3) is 4.58. The molecular weight excluding hydrogens is 396 g/mol. The second-order valence-corrected chi connectivity index (χ2v) is 6.30. The van der Waals surface area contributed by atoms with E-state index in [4.69, 9.17) is 4.74 Å². The van der Waals surface area contributed by atoms with Crippen LogP contribution in [0.4, 0.5) is 0 Å². The van der Waals surface area contributed by atoms with Crippen molar-refractivity contribution in [3.05, 3.63) is 70.3 Å². The van der Waals surface area contributed by atoms with Crippen molar-refractivity contribution in [2.45, 2.75) is 6.92 Å². The minimum Gasteiger partial charge on any atom is -0.494 e. The smallest absolute Gasteiger partial charge is 0.289 e. The average Bonchev–Trinajstić information content (AvgIpc) is 3.13. The topological polar surface area (TPSA) is 79.4 Å². The van der Waals surface area contributed by atoms with Crippen molar-refractivity contribution in [1.29, 1.82) is 0 Å². The molecule has 0 saturated carbocycles. The number of hydrogen-bond donors (Lipinski definition) is 2. The average molecular weight is 413 g/mol. The number of nitrogens with one attached hydrogen (secondary N) is 2. The first-order valence-electron chi connectivity index (χ1n) is 8.03. The lowest BCUT2D eigenvalue weighted by Gasteiger charge is -2.03. The molecule has 0 saturated heterocycles. The van der Waals surface area contributed by atoms with E-state index in [0.29, 0.717) is 18.0 Å². The Labute approximate surface area is 159 Å². The monoisotopic (exact) mass is 412 g/mol. The summed E-state index contributed by atoms with van der Waals surface area (Å²) in [6.07, 6.45) is 1.57. The SMILES string of the molecule is CCOc1cccc(-c2cc(C(=O)N/N=C/c3cccc(Br)c3)[nH]n2)c1. The zero-order chi connectivity index (χ0) is 18.4. The van der Waals surface area contributed by atoms with Gasteiger partial charge in [0.2, 0.25) is 0 Å². The van der Waals surface area contributed by atoms with Crippen molar-refractivity contribution in [2.24, 2.45) is 5.10 Å². The maximum absolute atomic E-state index is 12.2. The van der Waals surface area contributed by atoms with Crippen LogP contribution in [0.5, 0.6) is 5.75 Å². The van der Waals surface area contributed by atoms with E-state index in [9.17, 15) is 4.79 Å². The third-order valence-electron chi connectivity index (χ3n) is 3.49. The number of H-pyrrole nitrogens is 1. The van der Waals surface area contributed by atoms with E-state index in [-0.39, 0.29) is 5.91 Å². The number of rotatable bonds is 6. The van der Waals surface area contributed by atoms with Gasteiger partial charge in [0.15, 0.2) is 0 Å². The van der Waals surface area contributed by atoms with Crippen LogP contribution in [0.3, 0.4) is 0 Å². The summed E-state index contributed by atoms with van der Waals surface area (Å²) in [7, 11) is 0. The number of aromatic amines is 1. The van der Waals surface area contributed by atoms with E-state index < -0.39 is 0 Å². The number of carbonyl (C=O) groups is 1. The molecule has 1 amide bonds. The largest absolute Gasteiger partial charge is 0.494 e. The number of amides is 1. The molecule has 6 nitrogen and oxygen atoms in total. The molecule has 0 spiro atoms. The molecule has 0 radical (unpaired) electrons. The van der Waals surface area contributed by atoms with Gasteiger partial charge < -0.3 is 4.74 Å². The van der Waals surface area contributed by atoms with E-state index in [2.05, 4.69) is 36.7 Å². The molecule has 1 aromatic heterocycles. The second-order valence-electron chi connectivity index (χ2n) is 5.38. The van der Waals surface area contributed by atoms with Crippen LogP contribution in [0, 0.1) is 0 Å². The van der Waals surface area contributed by atoms with Gasteiger partial charge in [-0.05, 0) is 42.8 Å². The van der Waals surface area contributed by atoms with Gasteiger partial charge in [-0.3, -0.25) is 9.89 Å². The Morgan fingerprint density at radius 3 is 2.92 bits per heavy atom. The summed E-state index contributed by atoms with van der Waals surface area (Å²) < 4.78 is 6.43. The summed E-state index contributed by atoms with van der Waals surface area (Å²) >= 11 is 3.39. The highest BCUT2D eigenvalue weighted by molar-refractivity contribution is 9.10. The summed E-state index contributed by atoms with van der Waals surface area (Å²) in [5.41, 5.74) is 5.21. The molecule has 132 valence electrons. The van der Waals surface area contributed by atoms with Crippen molar-refractivity contribution in [3.63, 3.8) is 0 Å². The van der Waals surface area contributed by atoms with Gasteiger partial charge in [-0.15, -0.1) is 0 Å². The van der Waals surface area contributed by atoms with Crippen LogP contribution < -0.4 is 10.2 Å². The highest BCUT2D eigenvalue weighted by Gasteiger charge is 2.11. The molecule has 0 atom stereocenters. The Bertz CT molecular complexity index is 937. The lowest BCUT2D eigenvalue weighted by Crippen LogP contribution is -2.17. The Morgan fingerprint density at radius 1 is 1.27 bits per heavy atom. The van der Waals surface area contributed by atoms with Crippen LogP contribution in [0.15, 0.2) is 64.2 Å². The molecular formula is C19H17BrN4O2.